The summed E-state index contributed by atoms with van der Waals surface area (Å²) in [6.45, 7) is 8.99. The molecule has 4 N–H and O–H groups in total. The summed E-state index contributed by atoms with van der Waals surface area (Å²) in [7, 11) is -4.15. The number of allylic oxidation sites excluding steroid dienone is 1. The molecule has 3 aliphatic heterocycles. The van der Waals surface area contributed by atoms with Crippen LogP contribution in [0.3, 0.4) is 0 Å². The summed E-state index contributed by atoms with van der Waals surface area (Å²) in [6.07, 6.45) is 0.0305. The van der Waals surface area contributed by atoms with Crippen molar-refractivity contribution in [1.29, 1.82) is 0 Å². The van der Waals surface area contributed by atoms with Crippen molar-refractivity contribution >= 4 is 33.3 Å². The molecule has 3 heterocycles. The molecule has 262 valence electrons. The van der Waals surface area contributed by atoms with Crippen molar-refractivity contribution < 1.29 is 37.3 Å². The molecule has 0 bridgehead atoms. The number of carbonyl (C=O) groups excluding carboxylic acids is 2. The topological polar surface area (TPSA) is 156 Å². The summed E-state index contributed by atoms with van der Waals surface area (Å²) in [5.41, 5.74) is 2.97. The van der Waals surface area contributed by atoms with Gasteiger partial charge in [-0.25, -0.2) is 13.2 Å². The van der Waals surface area contributed by atoms with Crippen molar-refractivity contribution in [3.05, 3.63) is 65.4 Å². The lowest BCUT2D eigenvalue weighted by Crippen LogP contribution is -2.51. The Labute approximate surface area is 283 Å². The second kappa shape index (κ2) is 15.8. The van der Waals surface area contributed by atoms with E-state index >= 15 is 0 Å². The molecule has 0 radical (unpaired) electrons. The minimum Gasteiger partial charge on any atom is -0.443 e. The van der Waals surface area contributed by atoms with Crippen LogP contribution in [0.15, 0.2) is 59.1 Å². The Bertz CT molecular complexity index is 1580. The van der Waals surface area contributed by atoms with E-state index in [2.05, 4.69) is 22.9 Å². The van der Waals surface area contributed by atoms with Crippen LogP contribution in [0.25, 0.3) is 5.57 Å². The highest BCUT2D eigenvalue weighted by molar-refractivity contribution is 7.89. The van der Waals surface area contributed by atoms with Crippen LogP contribution < -0.4 is 16.0 Å². The lowest BCUT2D eigenvalue weighted by atomic mass is 10.0. The van der Waals surface area contributed by atoms with Gasteiger partial charge in [-0.2, -0.15) is 4.31 Å². The van der Waals surface area contributed by atoms with Gasteiger partial charge in [-0.15, -0.1) is 0 Å². The van der Waals surface area contributed by atoms with E-state index in [4.69, 9.17) is 14.2 Å². The second-order valence-corrected chi connectivity index (χ2v) is 15.1. The normalized spacial score (nSPS) is 22.6. The Morgan fingerprint density at radius 3 is 2.65 bits per heavy atom. The lowest BCUT2D eigenvalue weighted by molar-refractivity contribution is -0.110. The molecule has 48 heavy (non-hydrogen) atoms. The first-order chi connectivity index (χ1) is 23.0. The molecule has 5 rings (SSSR count). The van der Waals surface area contributed by atoms with E-state index in [-0.39, 0.29) is 55.0 Å². The number of ether oxygens (including phenoxy) is 3. The maximum Gasteiger partial charge on any atom is 0.407 e. The number of hydrogen-bond donors (Lipinski definition) is 4. The number of unbranched alkanes of at least 4 members (excludes halogenated alkanes) is 1. The van der Waals surface area contributed by atoms with Crippen molar-refractivity contribution in [3.8, 4) is 0 Å². The zero-order valence-electron chi connectivity index (χ0n) is 28.1. The van der Waals surface area contributed by atoms with E-state index in [1.54, 1.807) is 6.07 Å². The smallest absolute Gasteiger partial charge is 0.407 e. The summed E-state index contributed by atoms with van der Waals surface area (Å²) < 4.78 is 46.6. The minimum absolute atomic E-state index is 0.00556. The number of aliphatic hydroxyl groups is 1. The molecule has 12 nitrogen and oxygen atoms in total. The van der Waals surface area contributed by atoms with Crippen LogP contribution in [0.4, 0.5) is 10.5 Å². The van der Waals surface area contributed by atoms with Gasteiger partial charge in [0.15, 0.2) is 6.29 Å². The van der Waals surface area contributed by atoms with Crippen LogP contribution in [0.2, 0.25) is 0 Å². The van der Waals surface area contributed by atoms with Crippen molar-refractivity contribution in [2.75, 3.05) is 38.2 Å². The van der Waals surface area contributed by atoms with Gasteiger partial charge in [0.1, 0.15) is 6.10 Å². The molecule has 2 saturated heterocycles. The van der Waals surface area contributed by atoms with E-state index in [0.29, 0.717) is 35.7 Å². The molecule has 0 saturated carbocycles. The number of anilines is 1. The maximum atomic E-state index is 14.3. The van der Waals surface area contributed by atoms with Crippen LogP contribution in [0.1, 0.15) is 58.1 Å². The number of nitrogens with one attached hydrogen (secondary N) is 3. The van der Waals surface area contributed by atoms with Gasteiger partial charge in [0.2, 0.25) is 10.0 Å². The lowest BCUT2D eigenvalue weighted by Gasteiger charge is -2.31. The predicted molar refractivity (Wildman–Crippen MR) is 181 cm³/mol. The van der Waals surface area contributed by atoms with Crippen LogP contribution in [-0.4, -0.2) is 87.2 Å². The number of carbonyl (C=O) groups is 2. The number of benzene rings is 2. The van der Waals surface area contributed by atoms with E-state index in [1.165, 1.54) is 16.4 Å². The van der Waals surface area contributed by atoms with E-state index in [9.17, 15) is 23.1 Å². The third-order valence-electron chi connectivity index (χ3n) is 8.94. The number of rotatable bonds is 15. The van der Waals surface area contributed by atoms with Crippen molar-refractivity contribution in [2.45, 2.75) is 82.8 Å². The number of nitrogens with zero attached hydrogens (tertiary/aromatic N) is 1. The van der Waals surface area contributed by atoms with Gasteiger partial charge < -0.3 is 35.3 Å². The SMILES string of the molecule is CCCCN/C(C)=C1/C(=O)Nc2ccc(S(=O)(=O)N(CC(C)C)CC(O)C(Cc3ccccc3)NC(=O)OC3COC4OCCC34)cc21. The van der Waals surface area contributed by atoms with Crippen LogP contribution in [0.5, 0.6) is 0 Å². The first-order valence-electron chi connectivity index (χ1n) is 16.8. The standard InChI is InChI=1S/C35H48N4O8S/c1-5-6-15-36-23(4)32-27-18-25(12-13-28(27)37-33(32)41)48(43,44)39(19-22(2)3)20-30(40)29(17-24-10-8-7-9-11-24)38-35(42)47-31-21-46-34-26(31)14-16-45-34/h7-13,18,22,26,29-31,34,36,40H,5-6,14-17,19-21H2,1-4H3,(H,37,41)(H,38,42)/b32-23+. The molecular weight excluding hydrogens is 636 g/mol. The van der Waals surface area contributed by atoms with Gasteiger partial charge in [-0.3, -0.25) is 4.79 Å². The summed E-state index contributed by atoms with van der Waals surface area (Å²) in [5.74, 6) is -0.416. The average Bonchev–Trinajstić information content (AvgIpc) is 3.75. The minimum atomic E-state index is -4.15. The van der Waals surface area contributed by atoms with Gasteiger partial charge in [-0.05, 0) is 55.9 Å². The third kappa shape index (κ3) is 8.38. The second-order valence-electron chi connectivity index (χ2n) is 13.1. The van der Waals surface area contributed by atoms with Crippen LogP contribution in [0, 0.1) is 11.8 Å². The molecular formula is C35H48N4O8S. The fourth-order valence-corrected chi connectivity index (χ4v) is 8.05. The van der Waals surface area contributed by atoms with Gasteiger partial charge in [0, 0.05) is 36.6 Å². The molecule has 0 spiro atoms. The maximum absolute atomic E-state index is 14.3. The highest BCUT2D eigenvalue weighted by Crippen LogP contribution is 2.36. The van der Waals surface area contributed by atoms with Gasteiger partial charge in [0.05, 0.1) is 41.7 Å². The van der Waals surface area contributed by atoms with E-state index in [1.807, 2.05) is 51.1 Å². The number of aliphatic hydroxyl groups excluding tert-OH is 1. The Kier molecular flexibility index (Phi) is 11.8. The highest BCUT2D eigenvalue weighted by atomic mass is 32.2. The molecule has 2 aromatic rings. The molecule has 0 aliphatic carbocycles. The Balaban J connectivity index is 1.37. The number of sulfonamides is 1. The quantitative estimate of drug-likeness (QED) is 0.162. The van der Waals surface area contributed by atoms with E-state index < -0.39 is 34.4 Å². The Morgan fingerprint density at radius 2 is 1.92 bits per heavy atom. The number of fused-ring (bicyclic) bond motifs is 2. The zero-order chi connectivity index (χ0) is 34.4. The van der Waals surface area contributed by atoms with Crippen LogP contribution in [-0.2, 0) is 35.4 Å². The van der Waals surface area contributed by atoms with Crippen molar-refractivity contribution in [1.82, 2.24) is 14.9 Å². The first kappa shape index (κ1) is 35.8. The molecule has 5 unspecified atom stereocenters. The monoisotopic (exact) mass is 684 g/mol. The molecule has 0 aromatic heterocycles. The number of amides is 2. The Hall–Kier alpha value is -3.49. The van der Waals surface area contributed by atoms with E-state index in [0.717, 1.165) is 24.8 Å². The molecule has 3 aliphatic rings. The first-order valence-corrected chi connectivity index (χ1v) is 18.2. The summed E-state index contributed by atoms with van der Waals surface area (Å²) in [5, 5.41) is 20.6. The summed E-state index contributed by atoms with van der Waals surface area (Å²) in [4.78, 5) is 26.1. The van der Waals surface area contributed by atoms with Gasteiger partial charge in [-0.1, -0.05) is 57.5 Å². The molecule has 2 amide bonds. The van der Waals surface area contributed by atoms with Crippen molar-refractivity contribution in [2.24, 2.45) is 11.8 Å². The third-order valence-corrected chi connectivity index (χ3v) is 10.8. The molecule has 2 fully saturated rings. The van der Waals surface area contributed by atoms with Gasteiger partial charge in [0.25, 0.3) is 5.91 Å². The predicted octanol–water partition coefficient (Wildman–Crippen LogP) is 3.87. The number of hydrogen-bond acceptors (Lipinski definition) is 9. The largest absolute Gasteiger partial charge is 0.443 e. The van der Waals surface area contributed by atoms with Gasteiger partial charge >= 0.3 is 6.09 Å². The fourth-order valence-electron chi connectivity index (χ4n) is 6.40. The summed E-state index contributed by atoms with van der Waals surface area (Å²) >= 11 is 0. The Morgan fingerprint density at radius 1 is 1.15 bits per heavy atom. The zero-order valence-corrected chi connectivity index (χ0v) is 28.9. The molecule has 2 aromatic carbocycles. The van der Waals surface area contributed by atoms with Crippen molar-refractivity contribution in [3.63, 3.8) is 0 Å². The number of alkyl carbamates (subject to hydrolysis) is 1. The molecule has 5 atom stereocenters. The average molecular weight is 685 g/mol. The summed E-state index contributed by atoms with van der Waals surface area (Å²) in [6, 6.07) is 13.1. The fraction of sp³-hybridized carbons (Fsp3) is 0.543. The van der Waals surface area contributed by atoms with Crippen LogP contribution >= 0.6 is 0 Å². The molecule has 13 heteroatoms. The highest BCUT2D eigenvalue weighted by Gasteiger charge is 2.44.